The molecule has 1 aromatic heterocycles. The van der Waals surface area contributed by atoms with Crippen molar-refractivity contribution >= 4 is 26.8 Å². The second kappa shape index (κ2) is 8.00. The summed E-state index contributed by atoms with van der Waals surface area (Å²) in [7, 11) is 0. The molecule has 0 unspecified atom stereocenters. The molecule has 2 aromatic rings. The normalized spacial score (nSPS) is 22.2. The zero-order chi connectivity index (χ0) is 18.0. The highest BCUT2D eigenvalue weighted by Crippen LogP contribution is 2.35. The Bertz CT molecular complexity index is 801. The van der Waals surface area contributed by atoms with E-state index >= 15 is 0 Å². The number of aromatic nitrogens is 2. The molecule has 3 rings (SSSR count). The highest BCUT2D eigenvalue weighted by atomic mass is 79.9. The summed E-state index contributed by atoms with van der Waals surface area (Å²) in [6.07, 6.45) is 4.52. The second-order valence-corrected chi connectivity index (χ2v) is 8.13. The van der Waals surface area contributed by atoms with E-state index in [-0.39, 0.29) is 5.56 Å². The minimum atomic E-state index is 0.0897. The monoisotopic (exact) mass is 405 g/mol. The molecule has 2 heterocycles. The van der Waals surface area contributed by atoms with E-state index < -0.39 is 0 Å². The van der Waals surface area contributed by atoms with Crippen molar-refractivity contribution in [1.82, 2.24) is 14.9 Å². The number of halogens is 1. The molecule has 1 saturated heterocycles. The summed E-state index contributed by atoms with van der Waals surface area (Å²) in [6, 6.07) is 6.35. The topological polar surface area (TPSA) is 46.9 Å². The van der Waals surface area contributed by atoms with Crippen molar-refractivity contribution < 1.29 is 0 Å². The van der Waals surface area contributed by atoms with E-state index in [0.717, 1.165) is 48.0 Å². The number of piperidine rings is 1. The maximum absolute atomic E-state index is 13.1. The SMILES string of the molecule is CCC[C@H](c1nc2ccc(Br)cc2c(=O)n1CC)[C@@H]1CCN[C@@H](C)C1. The van der Waals surface area contributed by atoms with Crippen LogP contribution in [0, 0.1) is 5.92 Å². The van der Waals surface area contributed by atoms with Crippen molar-refractivity contribution in [2.75, 3.05) is 6.54 Å². The van der Waals surface area contributed by atoms with Gasteiger partial charge in [0, 0.05) is 23.0 Å². The zero-order valence-corrected chi connectivity index (χ0v) is 17.0. The maximum Gasteiger partial charge on any atom is 0.261 e. The van der Waals surface area contributed by atoms with Crippen LogP contribution in [0.1, 0.15) is 58.2 Å². The van der Waals surface area contributed by atoms with Gasteiger partial charge in [-0.25, -0.2) is 4.98 Å². The van der Waals surface area contributed by atoms with Crippen LogP contribution in [0.25, 0.3) is 10.9 Å². The molecule has 136 valence electrons. The van der Waals surface area contributed by atoms with Gasteiger partial charge in [-0.2, -0.15) is 0 Å². The zero-order valence-electron chi connectivity index (χ0n) is 15.4. The summed E-state index contributed by atoms with van der Waals surface area (Å²) in [4.78, 5) is 18.1. The molecule has 0 saturated carbocycles. The maximum atomic E-state index is 13.1. The van der Waals surface area contributed by atoms with Crippen LogP contribution < -0.4 is 10.9 Å². The fraction of sp³-hybridized carbons (Fsp3) is 0.600. The molecule has 1 aliphatic heterocycles. The summed E-state index contributed by atoms with van der Waals surface area (Å²) in [5.41, 5.74) is 0.905. The standard InChI is InChI=1S/C20H28BrN3O/c1-4-6-16(14-9-10-22-13(3)11-14)19-23-18-8-7-15(21)12-17(18)20(25)24(19)5-2/h7-8,12-14,16,22H,4-6,9-11H2,1-3H3/t13-,14+,16-/m0/s1. The van der Waals surface area contributed by atoms with Gasteiger partial charge < -0.3 is 5.32 Å². The van der Waals surface area contributed by atoms with Gasteiger partial charge in [0.15, 0.2) is 0 Å². The number of nitrogens with one attached hydrogen (secondary N) is 1. The molecule has 1 aliphatic rings. The Morgan fingerprint density at radius 1 is 1.40 bits per heavy atom. The fourth-order valence-electron chi connectivity index (χ4n) is 4.22. The van der Waals surface area contributed by atoms with Crippen LogP contribution in [0.2, 0.25) is 0 Å². The lowest BCUT2D eigenvalue weighted by Gasteiger charge is -2.34. The van der Waals surface area contributed by atoms with E-state index in [1.807, 2.05) is 29.7 Å². The minimum absolute atomic E-state index is 0.0897. The summed E-state index contributed by atoms with van der Waals surface area (Å²) in [5.74, 6) is 1.94. The van der Waals surface area contributed by atoms with Crippen molar-refractivity contribution in [3.63, 3.8) is 0 Å². The first-order valence-corrected chi connectivity index (χ1v) is 10.3. The fourth-order valence-corrected chi connectivity index (χ4v) is 4.58. The van der Waals surface area contributed by atoms with Gasteiger partial charge in [-0.1, -0.05) is 29.3 Å². The Kier molecular flexibility index (Phi) is 5.95. The van der Waals surface area contributed by atoms with Gasteiger partial charge >= 0.3 is 0 Å². The van der Waals surface area contributed by atoms with E-state index in [2.05, 4.69) is 35.1 Å². The van der Waals surface area contributed by atoms with Crippen LogP contribution in [0.5, 0.6) is 0 Å². The number of rotatable bonds is 5. The molecular weight excluding hydrogens is 378 g/mol. The van der Waals surface area contributed by atoms with Gasteiger partial charge in [-0.3, -0.25) is 9.36 Å². The quantitative estimate of drug-likeness (QED) is 0.798. The Morgan fingerprint density at radius 3 is 2.88 bits per heavy atom. The largest absolute Gasteiger partial charge is 0.314 e. The Labute approximate surface area is 158 Å². The highest BCUT2D eigenvalue weighted by molar-refractivity contribution is 9.10. The molecule has 0 radical (unpaired) electrons. The number of nitrogens with zero attached hydrogens (tertiary/aromatic N) is 2. The summed E-state index contributed by atoms with van der Waals surface area (Å²) >= 11 is 3.47. The van der Waals surface area contributed by atoms with E-state index in [9.17, 15) is 4.79 Å². The number of hydrogen-bond acceptors (Lipinski definition) is 3. The molecule has 0 aliphatic carbocycles. The third kappa shape index (κ3) is 3.82. The first-order valence-electron chi connectivity index (χ1n) is 9.48. The van der Waals surface area contributed by atoms with Gasteiger partial charge in [0.25, 0.3) is 5.56 Å². The van der Waals surface area contributed by atoms with E-state index in [4.69, 9.17) is 4.98 Å². The van der Waals surface area contributed by atoms with Crippen LogP contribution in [-0.4, -0.2) is 22.1 Å². The summed E-state index contributed by atoms with van der Waals surface area (Å²) < 4.78 is 2.83. The average Bonchev–Trinajstić information content (AvgIpc) is 2.60. The van der Waals surface area contributed by atoms with Gasteiger partial charge in [-0.15, -0.1) is 0 Å². The predicted molar refractivity (Wildman–Crippen MR) is 107 cm³/mol. The first kappa shape index (κ1) is 18.6. The molecular formula is C20H28BrN3O. The average molecular weight is 406 g/mol. The molecule has 5 heteroatoms. The van der Waals surface area contributed by atoms with Crippen LogP contribution >= 0.6 is 15.9 Å². The lowest BCUT2D eigenvalue weighted by molar-refractivity contribution is 0.253. The van der Waals surface area contributed by atoms with E-state index in [1.165, 1.54) is 0 Å². The lowest BCUT2D eigenvalue weighted by Crippen LogP contribution is -2.39. The van der Waals surface area contributed by atoms with Crippen molar-refractivity contribution in [2.45, 2.75) is 65.0 Å². The minimum Gasteiger partial charge on any atom is -0.314 e. The molecule has 4 nitrogen and oxygen atoms in total. The van der Waals surface area contributed by atoms with Crippen LogP contribution in [0.15, 0.2) is 27.5 Å². The third-order valence-corrected chi connectivity index (χ3v) is 5.92. The van der Waals surface area contributed by atoms with Crippen molar-refractivity contribution in [2.24, 2.45) is 5.92 Å². The molecule has 0 amide bonds. The number of benzene rings is 1. The Balaban J connectivity index is 2.13. The van der Waals surface area contributed by atoms with Crippen molar-refractivity contribution in [3.05, 3.63) is 38.9 Å². The predicted octanol–water partition coefficient (Wildman–Crippen LogP) is 4.45. The number of hydrogen-bond donors (Lipinski definition) is 1. The first-order chi connectivity index (χ1) is 12.0. The molecule has 0 bridgehead atoms. The summed E-state index contributed by atoms with van der Waals surface area (Å²) in [5, 5.41) is 4.24. The smallest absolute Gasteiger partial charge is 0.261 e. The highest BCUT2D eigenvalue weighted by Gasteiger charge is 2.30. The van der Waals surface area contributed by atoms with Gasteiger partial charge in [0.05, 0.1) is 10.9 Å². The molecule has 1 N–H and O–H groups in total. The number of fused-ring (bicyclic) bond motifs is 1. The third-order valence-electron chi connectivity index (χ3n) is 5.43. The molecule has 3 atom stereocenters. The molecule has 25 heavy (non-hydrogen) atoms. The van der Waals surface area contributed by atoms with Gasteiger partial charge in [0.1, 0.15) is 5.82 Å². The Hall–Kier alpha value is -1.20. The molecule has 1 fully saturated rings. The summed E-state index contributed by atoms with van der Waals surface area (Å²) in [6.45, 7) is 8.26. The van der Waals surface area contributed by atoms with Crippen LogP contribution in [0.3, 0.4) is 0 Å². The van der Waals surface area contributed by atoms with Gasteiger partial charge in [-0.05, 0) is 63.8 Å². The Morgan fingerprint density at radius 2 is 2.20 bits per heavy atom. The van der Waals surface area contributed by atoms with Crippen LogP contribution in [0.4, 0.5) is 0 Å². The van der Waals surface area contributed by atoms with Crippen molar-refractivity contribution in [3.8, 4) is 0 Å². The molecule has 1 aromatic carbocycles. The van der Waals surface area contributed by atoms with Gasteiger partial charge in [0.2, 0.25) is 0 Å². The van der Waals surface area contributed by atoms with Crippen LogP contribution in [-0.2, 0) is 6.54 Å². The second-order valence-electron chi connectivity index (χ2n) is 7.22. The van der Waals surface area contributed by atoms with E-state index in [1.54, 1.807) is 0 Å². The lowest BCUT2D eigenvalue weighted by atomic mass is 9.79. The molecule has 0 spiro atoms. The van der Waals surface area contributed by atoms with Crippen molar-refractivity contribution in [1.29, 1.82) is 0 Å². The van der Waals surface area contributed by atoms with E-state index in [0.29, 0.717) is 29.8 Å².